The van der Waals surface area contributed by atoms with E-state index in [-0.39, 0.29) is 28.5 Å². The molecule has 20 heavy (non-hydrogen) atoms. The van der Waals surface area contributed by atoms with Crippen molar-refractivity contribution in [3.63, 3.8) is 0 Å². The first-order valence-electron chi connectivity index (χ1n) is 5.59. The zero-order valence-electron chi connectivity index (χ0n) is 10.1. The van der Waals surface area contributed by atoms with Crippen molar-refractivity contribution in [2.75, 3.05) is 5.32 Å². The highest BCUT2D eigenvalue weighted by molar-refractivity contribution is 6.30. The van der Waals surface area contributed by atoms with Crippen LogP contribution < -0.4 is 5.32 Å². The molecule has 0 heterocycles. The molecule has 1 N–H and O–H groups in total. The number of rotatable bonds is 4. The Morgan fingerprint density at radius 3 is 2.70 bits per heavy atom. The molecule has 0 spiro atoms. The average Bonchev–Trinajstić information content (AvgIpc) is 2.41. The van der Waals surface area contributed by atoms with Crippen molar-refractivity contribution in [2.45, 2.75) is 6.54 Å². The second-order valence-corrected chi connectivity index (χ2v) is 4.39. The Kier molecular flexibility index (Phi) is 4.14. The lowest BCUT2D eigenvalue weighted by Gasteiger charge is -2.09. The van der Waals surface area contributed by atoms with Crippen LogP contribution in [0.2, 0.25) is 5.02 Å². The van der Waals surface area contributed by atoms with Crippen LogP contribution in [0.3, 0.4) is 0 Å². The van der Waals surface area contributed by atoms with Crippen LogP contribution in [0.4, 0.5) is 20.2 Å². The molecule has 0 aliphatic heterocycles. The van der Waals surface area contributed by atoms with Gasteiger partial charge in [-0.05, 0) is 12.1 Å². The van der Waals surface area contributed by atoms with E-state index in [0.717, 1.165) is 18.2 Å². The van der Waals surface area contributed by atoms with Crippen LogP contribution in [0.15, 0.2) is 36.4 Å². The van der Waals surface area contributed by atoms with E-state index in [1.807, 2.05) is 0 Å². The first-order valence-corrected chi connectivity index (χ1v) is 5.97. The van der Waals surface area contributed by atoms with E-state index >= 15 is 0 Å². The molecule has 2 aromatic carbocycles. The molecule has 0 atom stereocenters. The van der Waals surface area contributed by atoms with E-state index in [1.165, 1.54) is 12.1 Å². The fourth-order valence-electron chi connectivity index (χ4n) is 1.64. The normalized spacial score (nSPS) is 10.3. The number of anilines is 1. The molecule has 0 aliphatic carbocycles. The number of non-ortho nitro benzene ring substituents is 1. The second-order valence-electron chi connectivity index (χ2n) is 3.99. The fourth-order valence-corrected chi connectivity index (χ4v) is 1.83. The maximum Gasteiger partial charge on any atom is 0.271 e. The number of nitro groups is 1. The highest BCUT2D eigenvalue weighted by Gasteiger charge is 2.12. The summed E-state index contributed by atoms with van der Waals surface area (Å²) in [5.74, 6) is -1.26. The van der Waals surface area contributed by atoms with Gasteiger partial charge < -0.3 is 5.32 Å². The predicted octanol–water partition coefficient (Wildman–Crippen LogP) is 4.14. The fraction of sp³-hybridized carbons (Fsp3) is 0.0769. The third-order valence-corrected chi connectivity index (χ3v) is 2.95. The van der Waals surface area contributed by atoms with E-state index in [2.05, 4.69) is 5.32 Å². The zero-order chi connectivity index (χ0) is 14.7. The Bertz CT molecular complexity index is 665. The number of nitrogens with one attached hydrogen (secondary N) is 1. The third kappa shape index (κ3) is 3.03. The Morgan fingerprint density at radius 2 is 2.00 bits per heavy atom. The summed E-state index contributed by atoms with van der Waals surface area (Å²) in [4.78, 5) is 9.98. The van der Waals surface area contributed by atoms with Gasteiger partial charge in [-0.3, -0.25) is 10.1 Å². The smallest absolute Gasteiger partial charge is 0.271 e. The summed E-state index contributed by atoms with van der Waals surface area (Å²) in [6.07, 6.45) is 0. The summed E-state index contributed by atoms with van der Waals surface area (Å²) in [6, 6.07) is 7.54. The molecule has 0 saturated heterocycles. The molecule has 2 aromatic rings. The van der Waals surface area contributed by atoms with Crippen LogP contribution in [0.1, 0.15) is 5.56 Å². The summed E-state index contributed by atoms with van der Waals surface area (Å²) in [6.45, 7) is -0.0372. The van der Waals surface area contributed by atoms with Gasteiger partial charge >= 0.3 is 0 Å². The number of halogens is 3. The molecule has 0 unspecified atom stereocenters. The lowest BCUT2D eigenvalue weighted by atomic mass is 10.2. The van der Waals surface area contributed by atoms with Gasteiger partial charge in [0.15, 0.2) is 0 Å². The van der Waals surface area contributed by atoms with Crippen molar-refractivity contribution in [3.05, 3.63) is 68.7 Å². The molecule has 0 radical (unpaired) electrons. The topological polar surface area (TPSA) is 55.2 Å². The van der Waals surface area contributed by atoms with E-state index < -0.39 is 16.6 Å². The minimum Gasteiger partial charge on any atom is -0.378 e. The maximum absolute atomic E-state index is 13.6. The van der Waals surface area contributed by atoms with Crippen LogP contribution in [0.5, 0.6) is 0 Å². The van der Waals surface area contributed by atoms with Gasteiger partial charge in [-0.1, -0.05) is 23.7 Å². The summed E-state index contributed by atoms with van der Waals surface area (Å²) >= 11 is 5.63. The van der Waals surface area contributed by atoms with Crippen molar-refractivity contribution >= 4 is 23.0 Å². The number of nitro benzene ring substituents is 1. The van der Waals surface area contributed by atoms with E-state index in [0.29, 0.717) is 0 Å². The summed E-state index contributed by atoms with van der Waals surface area (Å²) < 4.78 is 27.1. The van der Waals surface area contributed by atoms with Gasteiger partial charge in [-0.15, -0.1) is 0 Å². The number of hydrogen-bond donors (Lipinski definition) is 1. The van der Waals surface area contributed by atoms with Crippen LogP contribution in [-0.2, 0) is 6.54 Å². The molecule has 4 nitrogen and oxygen atoms in total. The first-order chi connectivity index (χ1) is 9.49. The second kappa shape index (κ2) is 5.83. The quantitative estimate of drug-likeness (QED) is 0.682. The molecular formula is C13H9ClF2N2O2. The molecule has 0 fully saturated rings. The minimum atomic E-state index is -0.655. The van der Waals surface area contributed by atoms with Crippen LogP contribution >= 0.6 is 11.6 Å². The van der Waals surface area contributed by atoms with Crippen molar-refractivity contribution in [1.29, 1.82) is 0 Å². The first kappa shape index (κ1) is 14.2. The van der Waals surface area contributed by atoms with Crippen LogP contribution in [-0.4, -0.2) is 4.92 Å². The maximum atomic E-state index is 13.6. The lowest BCUT2D eigenvalue weighted by Crippen LogP contribution is -2.04. The van der Waals surface area contributed by atoms with Gasteiger partial charge in [0.2, 0.25) is 0 Å². The van der Waals surface area contributed by atoms with Gasteiger partial charge in [0.1, 0.15) is 11.6 Å². The van der Waals surface area contributed by atoms with Crippen molar-refractivity contribution in [2.24, 2.45) is 0 Å². The predicted molar refractivity (Wildman–Crippen MR) is 71.8 cm³/mol. The molecule has 0 bridgehead atoms. The van der Waals surface area contributed by atoms with Gasteiger partial charge in [0.25, 0.3) is 5.69 Å². The standard InChI is InChI=1S/C13H9ClF2N2O2/c14-10-3-1-2-8(13(10)16)7-17-12-6-9(18(19)20)4-5-11(12)15/h1-6,17H,7H2. The molecule has 7 heteroatoms. The summed E-state index contributed by atoms with van der Waals surface area (Å²) in [5.41, 5.74) is -0.0811. The van der Waals surface area contributed by atoms with Gasteiger partial charge in [-0.25, -0.2) is 8.78 Å². The van der Waals surface area contributed by atoms with E-state index in [9.17, 15) is 18.9 Å². The van der Waals surface area contributed by atoms with Crippen molar-refractivity contribution in [3.8, 4) is 0 Å². The van der Waals surface area contributed by atoms with Crippen LogP contribution in [0, 0.1) is 21.7 Å². The Morgan fingerprint density at radius 1 is 1.25 bits per heavy atom. The average molecular weight is 299 g/mol. The van der Waals surface area contributed by atoms with Crippen LogP contribution in [0.25, 0.3) is 0 Å². The zero-order valence-corrected chi connectivity index (χ0v) is 10.8. The van der Waals surface area contributed by atoms with Gasteiger partial charge in [-0.2, -0.15) is 0 Å². The van der Waals surface area contributed by atoms with Gasteiger partial charge in [0.05, 0.1) is 15.6 Å². The lowest BCUT2D eigenvalue weighted by molar-refractivity contribution is -0.384. The minimum absolute atomic E-state index is 0.0372. The monoisotopic (exact) mass is 298 g/mol. The highest BCUT2D eigenvalue weighted by Crippen LogP contribution is 2.23. The molecule has 0 aliphatic rings. The Balaban J connectivity index is 2.20. The SMILES string of the molecule is O=[N+]([O-])c1ccc(F)c(NCc2cccc(Cl)c2F)c1. The van der Waals surface area contributed by atoms with Gasteiger partial charge in [0, 0.05) is 24.2 Å². The Labute approximate surface area is 118 Å². The molecule has 2 rings (SSSR count). The van der Waals surface area contributed by atoms with E-state index in [1.54, 1.807) is 6.07 Å². The number of benzene rings is 2. The number of nitrogens with zero attached hydrogens (tertiary/aromatic N) is 1. The van der Waals surface area contributed by atoms with E-state index in [4.69, 9.17) is 11.6 Å². The number of hydrogen-bond acceptors (Lipinski definition) is 3. The largest absolute Gasteiger partial charge is 0.378 e. The van der Waals surface area contributed by atoms with Crippen molar-refractivity contribution < 1.29 is 13.7 Å². The third-order valence-electron chi connectivity index (χ3n) is 2.66. The summed E-state index contributed by atoms with van der Waals surface area (Å²) in [5, 5.41) is 13.2. The molecule has 0 aromatic heterocycles. The molecular weight excluding hydrogens is 290 g/mol. The Hall–Kier alpha value is -2.21. The summed E-state index contributed by atoms with van der Waals surface area (Å²) in [7, 11) is 0. The highest BCUT2D eigenvalue weighted by atomic mass is 35.5. The molecule has 0 amide bonds. The molecule has 104 valence electrons. The molecule has 0 saturated carbocycles. The van der Waals surface area contributed by atoms with Crippen molar-refractivity contribution in [1.82, 2.24) is 0 Å².